The molecule has 1 fully saturated rings. The highest BCUT2D eigenvalue weighted by atomic mass is 19.1. The van der Waals surface area contributed by atoms with Gasteiger partial charge in [0.05, 0.1) is 11.9 Å². The van der Waals surface area contributed by atoms with Crippen LogP contribution >= 0.6 is 0 Å². The number of aryl methyl sites for hydroxylation is 1. The van der Waals surface area contributed by atoms with E-state index < -0.39 is 0 Å². The van der Waals surface area contributed by atoms with E-state index in [0.717, 1.165) is 42.1 Å². The maximum atomic E-state index is 13.1. The fourth-order valence-electron chi connectivity index (χ4n) is 4.07. The van der Waals surface area contributed by atoms with Crippen LogP contribution in [-0.2, 0) is 13.6 Å². The number of hydrogen-bond acceptors (Lipinski definition) is 5. The molecule has 32 heavy (non-hydrogen) atoms. The minimum absolute atomic E-state index is 0.0919. The van der Waals surface area contributed by atoms with Gasteiger partial charge < -0.3 is 4.90 Å². The average Bonchev–Trinajstić information content (AvgIpc) is 3.39. The highest BCUT2D eigenvalue weighted by Crippen LogP contribution is 2.23. The first-order valence-corrected chi connectivity index (χ1v) is 10.6. The maximum absolute atomic E-state index is 13.1. The summed E-state index contributed by atoms with van der Waals surface area (Å²) in [5.41, 5.74) is 4.90. The molecule has 1 saturated heterocycles. The average molecular weight is 433 g/mol. The van der Waals surface area contributed by atoms with Crippen molar-refractivity contribution >= 4 is 11.6 Å². The van der Waals surface area contributed by atoms with Gasteiger partial charge in [-0.1, -0.05) is 12.1 Å². The molecule has 0 radical (unpaired) electrons. The van der Waals surface area contributed by atoms with E-state index in [1.807, 2.05) is 29.6 Å². The van der Waals surface area contributed by atoms with Crippen LogP contribution in [0.2, 0.25) is 0 Å². The van der Waals surface area contributed by atoms with Crippen molar-refractivity contribution in [2.24, 2.45) is 7.05 Å². The fourth-order valence-corrected chi connectivity index (χ4v) is 4.07. The van der Waals surface area contributed by atoms with Crippen LogP contribution in [0.25, 0.3) is 16.9 Å². The molecule has 0 saturated carbocycles. The number of aromatic nitrogens is 5. The molecule has 3 aromatic heterocycles. The summed E-state index contributed by atoms with van der Waals surface area (Å²) < 4.78 is 16.6. The van der Waals surface area contributed by atoms with Gasteiger partial charge in [-0.3, -0.25) is 14.4 Å². The van der Waals surface area contributed by atoms with Crippen molar-refractivity contribution < 1.29 is 9.18 Å². The monoisotopic (exact) mass is 433 g/mol. The predicted octanol–water partition coefficient (Wildman–Crippen LogP) is 2.54. The number of carbonyl (C=O) groups excluding carboxylic acids is 1. The molecule has 0 N–H and O–H groups in total. The standard InChI is InChI=1S/C23H24FN7O/c1-16-19(14-26-28(16)2)21-7-8-25-22-13-20(27-31(21)22)23(32)30-11-9-29(10-12-30)15-17-3-5-18(24)6-4-17/h3-8,13-14H,9-12,15H2,1-2H3. The van der Waals surface area contributed by atoms with Gasteiger partial charge in [-0.15, -0.1) is 0 Å². The number of piperazine rings is 1. The predicted molar refractivity (Wildman–Crippen MR) is 118 cm³/mol. The number of amides is 1. The molecule has 4 aromatic rings. The zero-order valence-electron chi connectivity index (χ0n) is 18.1. The van der Waals surface area contributed by atoms with Crippen molar-refractivity contribution in [2.75, 3.05) is 26.2 Å². The van der Waals surface area contributed by atoms with E-state index in [-0.39, 0.29) is 11.7 Å². The Bertz CT molecular complexity index is 1270. The quantitative estimate of drug-likeness (QED) is 0.495. The number of nitrogens with zero attached hydrogens (tertiary/aromatic N) is 7. The lowest BCUT2D eigenvalue weighted by Crippen LogP contribution is -2.48. The Morgan fingerprint density at radius 2 is 1.84 bits per heavy atom. The minimum atomic E-state index is -0.229. The second kappa shape index (κ2) is 8.16. The molecular weight excluding hydrogens is 409 g/mol. The molecule has 9 heteroatoms. The summed E-state index contributed by atoms with van der Waals surface area (Å²) >= 11 is 0. The van der Waals surface area contributed by atoms with Crippen LogP contribution in [0, 0.1) is 12.7 Å². The van der Waals surface area contributed by atoms with E-state index >= 15 is 0 Å². The van der Waals surface area contributed by atoms with Crippen LogP contribution in [0.1, 0.15) is 21.7 Å². The van der Waals surface area contributed by atoms with Crippen molar-refractivity contribution in [3.05, 3.63) is 71.6 Å². The Balaban J connectivity index is 1.31. The molecule has 0 aliphatic carbocycles. The number of fused-ring (bicyclic) bond motifs is 1. The molecule has 5 rings (SSSR count). The molecule has 0 unspecified atom stereocenters. The molecule has 164 valence electrons. The molecule has 0 spiro atoms. The Kier molecular flexibility index (Phi) is 5.18. The lowest BCUT2D eigenvalue weighted by atomic mass is 10.2. The van der Waals surface area contributed by atoms with Crippen LogP contribution < -0.4 is 0 Å². The molecule has 1 aliphatic heterocycles. The highest BCUT2D eigenvalue weighted by Gasteiger charge is 2.25. The summed E-state index contributed by atoms with van der Waals surface area (Å²) in [4.78, 5) is 21.6. The van der Waals surface area contributed by atoms with E-state index in [1.165, 1.54) is 12.1 Å². The molecule has 8 nitrogen and oxygen atoms in total. The fraction of sp³-hybridized carbons (Fsp3) is 0.304. The maximum Gasteiger partial charge on any atom is 0.274 e. The zero-order valence-corrected chi connectivity index (χ0v) is 18.1. The van der Waals surface area contributed by atoms with Crippen LogP contribution in [-0.4, -0.2) is 66.3 Å². The second-order valence-corrected chi connectivity index (χ2v) is 8.09. The number of halogens is 1. The van der Waals surface area contributed by atoms with Crippen molar-refractivity contribution in [1.82, 2.24) is 34.2 Å². The summed E-state index contributed by atoms with van der Waals surface area (Å²) in [6.07, 6.45) is 3.52. The highest BCUT2D eigenvalue weighted by molar-refractivity contribution is 5.93. The second-order valence-electron chi connectivity index (χ2n) is 8.09. The van der Waals surface area contributed by atoms with Crippen LogP contribution in [0.4, 0.5) is 4.39 Å². The largest absolute Gasteiger partial charge is 0.335 e. The Morgan fingerprint density at radius 1 is 1.09 bits per heavy atom. The molecule has 0 atom stereocenters. The molecule has 1 aliphatic rings. The Hall–Kier alpha value is -3.59. The summed E-state index contributed by atoms with van der Waals surface area (Å²) in [5, 5.41) is 8.90. The third kappa shape index (κ3) is 3.75. The summed E-state index contributed by atoms with van der Waals surface area (Å²) in [5.74, 6) is -0.321. The Labute approximate surface area is 184 Å². The van der Waals surface area contributed by atoms with Gasteiger partial charge >= 0.3 is 0 Å². The molecule has 4 heterocycles. The van der Waals surface area contributed by atoms with E-state index in [9.17, 15) is 9.18 Å². The van der Waals surface area contributed by atoms with E-state index in [1.54, 1.807) is 35.1 Å². The van der Waals surface area contributed by atoms with Gasteiger partial charge in [0.2, 0.25) is 0 Å². The summed E-state index contributed by atoms with van der Waals surface area (Å²) in [7, 11) is 1.89. The van der Waals surface area contributed by atoms with Gasteiger partial charge in [0.25, 0.3) is 5.91 Å². The number of rotatable bonds is 4. The third-order valence-corrected chi connectivity index (χ3v) is 6.07. The minimum Gasteiger partial charge on any atom is -0.335 e. The molecule has 1 aromatic carbocycles. The third-order valence-electron chi connectivity index (χ3n) is 6.07. The lowest BCUT2D eigenvalue weighted by molar-refractivity contribution is 0.0622. The van der Waals surface area contributed by atoms with E-state index in [4.69, 9.17) is 0 Å². The van der Waals surface area contributed by atoms with Crippen molar-refractivity contribution in [3.8, 4) is 11.3 Å². The lowest BCUT2D eigenvalue weighted by Gasteiger charge is -2.34. The molecule has 0 bridgehead atoms. The Morgan fingerprint density at radius 3 is 2.53 bits per heavy atom. The van der Waals surface area contributed by atoms with Crippen molar-refractivity contribution in [2.45, 2.75) is 13.5 Å². The van der Waals surface area contributed by atoms with Gasteiger partial charge in [-0.25, -0.2) is 13.9 Å². The van der Waals surface area contributed by atoms with Crippen LogP contribution in [0.3, 0.4) is 0 Å². The van der Waals surface area contributed by atoms with E-state index in [2.05, 4.69) is 20.1 Å². The molecular formula is C23H24FN7O. The summed E-state index contributed by atoms with van der Waals surface area (Å²) in [6, 6.07) is 10.2. The smallest absolute Gasteiger partial charge is 0.274 e. The summed E-state index contributed by atoms with van der Waals surface area (Å²) in [6.45, 7) is 5.50. The van der Waals surface area contributed by atoms with Crippen LogP contribution in [0.15, 0.2) is 48.8 Å². The SMILES string of the molecule is Cc1c(-c2ccnc3cc(C(=O)N4CCN(Cc5ccc(F)cc5)CC4)nn23)cnn1C. The van der Waals surface area contributed by atoms with Gasteiger partial charge in [-0.05, 0) is 30.7 Å². The number of hydrogen-bond donors (Lipinski definition) is 0. The van der Waals surface area contributed by atoms with Crippen molar-refractivity contribution in [1.29, 1.82) is 0 Å². The topological polar surface area (TPSA) is 71.6 Å². The molecule has 1 amide bonds. The number of benzene rings is 1. The normalized spacial score (nSPS) is 14.9. The van der Waals surface area contributed by atoms with Crippen molar-refractivity contribution in [3.63, 3.8) is 0 Å². The van der Waals surface area contributed by atoms with Crippen LogP contribution in [0.5, 0.6) is 0 Å². The first-order valence-electron chi connectivity index (χ1n) is 10.6. The first kappa shape index (κ1) is 20.3. The van der Waals surface area contributed by atoms with Gasteiger partial charge in [0, 0.05) is 63.3 Å². The van der Waals surface area contributed by atoms with Gasteiger partial charge in [-0.2, -0.15) is 10.2 Å². The van der Waals surface area contributed by atoms with Gasteiger partial charge in [0.15, 0.2) is 11.3 Å². The zero-order chi connectivity index (χ0) is 22.2. The van der Waals surface area contributed by atoms with E-state index in [0.29, 0.717) is 24.4 Å². The number of carbonyl (C=O) groups is 1. The van der Waals surface area contributed by atoms with Gasteiger partial charge in [0.1, 0.15) is 5.82 Å². The first-order chi connectivity index (χ1) is 15.5.